The van der Waals surface area contributed by atoms with E-state index in [4.69, 9.17) is 5.11 Å². The lowest BCUT2D eigenvalue weighted by Gasteiger charge is -2.21. The average molecular weight is 317 g/mol. The van der Waals surface area contributed by atoms with Crippen molar-refractivity contribution in [1.82, 2.24) is 15.2 Å². The number of aliphatic hydroxyl groups is 1. The Morgan fingerprint density at radius 2 is 1.74 bits per heavy atom. The molecule has 0 spiro atoms. The van der Waals surface area contributed by atoms with Gasteiger partial charge in [-0.25, -0.2) is 4.98 Å². The predicted molar refractivity (Wildman–Crippen MR) is 90.5 cm³/mol. The van der Waals surface area contributed by atoms with Gasteiger partial charge in [-0.15, -0.1) is 0 Å². The molecule has 2 heterocycles. The van der Waals surface area contributed by atoms with Gasteiger partial charge in [0.25, 0.3) is 11.1 Å². The third-order valence-corrected chi connectivity index (χ3v) is 3.24. The Kier molecular flexibility index (Phi) is 4.92. The van der Waals surface area contributed by atoms with Crippen LogP contribution in [0.1, 0.15) is 0 Å². The topological polar surface area (TPSA) is 98.8 Å². The van der Waals surface area contributed by atoms with Crippen LogP contribution in [0, 0.1) is 0 Å². The summed E-state index contributed by atoms with van der Waals surface area (Å²) in [4.78, 5) is 27.2. The van der Waals surface area contributed by atoms with Crippen molar-refractivity contribution in [3.63, 3.8) is 0 Å². The third kappa shape index (κ3) is 4.24. The van der Waals surface area contributed by atoms with Gasteiger partial charge in [0.15, 0.2) is 0 Å². The highest BCUT2D eigenvalue weighted by molar-refractivity contribution is 5.91. The number of aromatic nitrogens is 3. The maximum absolute atomic E-state index is 11.5. The van der Waals surface area contributed by atoms with E-state index in [9.17, 15) is 9.59 Å². The van der Waals surface area contributed by atoms with Gasteiger partial charge in [0, 0.05) is 5.39 Å². The number of fused-ring (bicyclic) bond motifs is 2. The Balaban J connectivity index is 0.000000236. The van der Waals surface area contributed by atoms with Crippen LogP contribution < -0.4 is 11.1 Å². The van der Waals surface area contributed by atoms with Crippen molar-refractivity contribution in [3.05, 3.63) is 51.0 Å². The van der Waals surface area contributed by atoms with E-state index in [2.05, 4.69) is 36.3 Å². The number of nitrogens with zero attached hydrogens (tertiary/aromatic N) is 2. The van der Waals surface area contributed by atoms with Gasteiger partial charge in [0.2, 0.25) is 0 Å². The zero-order valence-electron chi connectivity index (χ0n) is 13.5. The summed E-state index contributed by atoms with van der Waals surface area (Å²) in [6.07, 6.45) is 0. The second-order valence-corrected chi connectivity index (χ2v) is 6.22. The summed E-state index contributed by atoms with van der Waals surface area (Å²) in [5.74, 6) is 0. The molecule has 0 bridgehead atoms. The minimum atomic E-state index is -0.389. The van der Waals surface area contributed by atoms with Crippen LogP contribution in [0.2, 0.25) is 0 Å². The number of aromatic amines is 2. The highest BCUT2D eigenvalue weighted by Gasteiger charge is 2.05. The molecule has 0 aliphatic heterocycles. The summed E-state index contributed by atoms with van der Waals surface area (Å²) in [6, 6.07) is 9.02. The molecule has 0 saturated heterocycles. The number of hydrogen-bond acceptors (Lipinski definition) is 4. The summed E-state index contributed by atoms with van der Waals surface area (Å²) in [7, 11) is 6.16. The van der Waals surface area contributed by atoms with Gasteiger partial charge in [-0.3, -0.25) is 19.8 Å². The summed E-state index contributed by atoms with van der Waals surface area (Å²) < 4.78 is 0.844. The van der Waals surface area contributed by atoms with Crippen LogP contribution in [-0.2, 0) is 0 Å². The average Bonchev–Trinajstić information content (AvgIpc) is 2.49. The quantitative estimate of drug-likeness (QED) is 0.472. The number of pyridine rings is 1. The molecule has 122 valence electrons. The van der Waals surface area contributed by atoms with E-state index in [1.807, 2.05) is 18.2 Å². The van der Waals surface area contributed by atoms with Crippen LogP contribution in [0.4, 0.5) is 0 Å². The van der Waals surface area contributed by atoms with Crippen molar-refractivity contribution in [2.24, 2.45) is 0 Å². The molecule has 0 atom stereocenters. The van der Waals surface area contributed by atoms with Gasteiger partial charge < -0.3 is 9.59 Å². The fraction of sp³-hybridized carbons (Fsp3) is 0.312. The number of quaternary nitrogens is 1. The Morgan fingerprint density at radius 3 is 2.35 bits per heavy atom. The molecule has 0 saturated carbocycles. The zero-order chi connectivity index (χ0) is 17.0. The first-order valence-electron chi connectivity index (χ1n) is 7.23. The number of rotatable bonds is 2. The highest BCUT2D eigenvalue weighted by Crippen LogP contribution is 2.13. The van der Waals surface area contributed by atoms with Crippen molar-refractivity contribution in [1.29, 1.82) is 0 Å². The number of aliphatic hydroxyl groups excluding tert-OH is 1. The Morgan fingerprint density at radius 1 is 1.09 bits per heavy atom. The monoisotopic (exact) mass is 317 g/mol. The molecule has 3 rings (SSSR count). The SMILES string of the molecule is C[N+](C)(C)CCO.O=c1[nH][nH]c(=O)c2nc3ccccc3cc12. The maximum atomic E-state index is 11.5. The van der Waals surface area contributed by atoms with Crippen LogP contribution in [0.15, 0.2) is 39.9 Å². The fourth-order valence-electron chi connectivity index (χ4n) is 2.00. The van der Waals surface area contributed by atoms with Gasteiger partial charge in [-0.1, -0.05) is 18.2 Å². The molecule has 7 nitrogen and oxygen atoms in total. The van der Waals surface area contributed by atoms with Crippen molar-refractivity contribution < 1.29 is 9.59 Å². The van der Waals surface area contributed by atoms with E-state index in [1.54, 1.807) is 12.1 Å². The molecule has 0 aliphatic rings. The summed E-state index contributed by atoms with van der Waals surface area (Å²) in [5, 5.41) is 14.1. The lowest BCUT2D eigenvalue weighted by Crippen LogP contribution is -2.36. The Hall–Kier alpha value is -2.51. The molecule has 0 amide bonds. The standard InChI is InChI=1S/C11H7N3O2.C5H14NO/c15-10-7-5-6-3-1-2-4-8(6)12-9(7)11(16)14-13-10;1-6(2,3)4-5-7/h1-5H,(H,13,15)(H,14,16);7H,4-5H2,1-3H3/q;+1. The van der Waals surface area contributed by atoms with Crippen molar-refractivity contribution >= 4 is 21.8 Å². The van der Waals surface area contributed by atoms with Crippen LogP contribution >= 0.6 is 0 Å². The van der Waals surface area contributed by atoms with Crippen LogP contribution in [0.25, 0.3) is 21.8 Å². The van der Waals surface area contributed by atoms with Crippen molar-refractivity contribution in [3.8, 4) is 0 Å². The summed E-state index contributed by atoms with van der Waals surface area (Å²) in [6.45, 7) is 1.11. The lowest BCUT2D eigenvalue weighted by molar-refractivity contribution is -0.870. The van der Waals surface area contributed by atoms with Gasteiger partial charge in [0.1, 0.15) is 12.1 Å². The molecule has 1 aromatic carbocycles. The molecule has 23 heavy (non-hydrogen) atoms. The van der Waals surface area contributed by atoms with Crippen molar-refractivity contribution in [2.45, 2.75) is 0 Å². The van der Waals surface area contributed by atoms with E-state index in [-0.39, 0.29) is 23.2 Å². The number of H-pyrrole nitrogens is 2. The molecule has 7 heteroatoms. The smallest absolute Gasteiger partial charge is 0.289 e. The number of para-hydroxylation sites is 1. The number of likely N-dealkylation sites (N-methyl/N-ethyl adjacent to an activating group) is 1. The lowest BCUT2D eigenvalue weighted by atomic mass is 10.2. The maximum Gasteiger partial charge on any atom is 0.289 e. The molecule has 0 aliphatic carbocycles. The van der Waals surface area contributed by atoms with Crippen LogP contribution in [0.3, 0.4) is 0 Å². The van der Waals surface area contributed by atoms with Gasteiger partial charge in [-0.05, 0) is 12.1 Å². The fourth-order valence-corrected chi connectivity index (χ4v) is 2.00. The second-order valence-electron chi connectivity index (χ2n) is 6.22. The summed E-state index contributed by atoms with van der Waals surface area (Å²) >= 11 is 0. The summed E-state index contributed by atoms with van der Waals surface area (Å²) in [5.41, 5.74) is 0.141. The van der Waals surface area contributed by atoms with E-state index >= 15 is 0 Å². The van der Waals surface area contributed by atoms with Gasteiger partial charge in [0.05, 0.1) is 38.7 Å². The normalized spacial score (nSPS) is 11.3. The largest absolute Gasteiger partial charge is 0.391 e. The molecule has 2 aromatic heterocycles. The molecular formula is C16H21N4O3+. The minimum absolute atomic E-state index is 0.169. The van der Waals surface area contributed by atoms with Gasteiger partial charge in [-0.2, -0.15) is 0 Å². The first-order valence-corrected chi connectivity index (χ1v) is 7.23. The molecule has 3 aromatic rings. The number of benzene rings is 1. The predicted octanol–water partition coefficient (Wildman–Crippen LogP) is 0.450. The molecule has 3 N–H and O–H groups in total. The van der Waals surface area contributed by atoms with E-state index in [0.29, 0.717) is 10.9 Å². The van der Waals surface area contributed by atoms with E-state index in [0.717, 1.165) is 16.4 Å². The third-order valence-electron chi connectivity index (χ3n) is 3.24. The van der Waals surface area contributed by atoms with Crippen molar-refractivity contribution in [2.75, 3.05) is 34.3 Å². The van der Waals surface area contributed by atoms with Gasteiger partial charge >= 0.3 is 0 Å². The van der Waals surface area contributed by atoms with E-state index in [1.165, 1.54) is 0 Å². The molecule has 0 unspecified atom stereocenters. The minimum Gasteiger partial charge on any atom is -0.391 e. The first-order chi connectivity index (χ1) is 10.8. The molecule has 0 fully saturated rings. The van der Waals surface area contributed by atoms with Crippen LogP contribution in [-0.4, -0.2) is 59.1 Å². The highest BCUT2D eigenvalue weighted by atomic mass is 16.3. The second kappa shape index (κ2) is 6.72. The number of hydrogen-bond donors (Lipinski definition) is 3. The Labute approximate surface area is 132 Å². The Bertz CT molecular complexity index is 854. The van der Waals surface area contributed by atoms with Crippen LogP contribution in [0.5, 0.6) is 0 Å². The number of nitrogens with one attached hydrogen (secondary N) is 2. The first kappa shape index (κ1) is 16.9. The molecule has 0 radical (unpaired) electrons. The van der Waals surface area contributed by atoms with E-state index < -0.39 is 0 Å². The zero-order valence-corrected chi connectivity index (χ0v) is 13.5. The molecular weight excluding hydrogens is 296 g/mol.